The summed E-state index contributed by atoms with van der Waals surface area (Å²) in [5.74, 6) is -0.940. The lowest BCUT2D eigenvalue weighted by atomic mass is 10.5. The van der Waals surface area contributed by atoms with Crippen LogP contribution < -0.4 is 0 Å². The van der Waals surface area contributed by atoms with Crippen molar-refractivity contribution in [2.24, 2.45) is 15.3 Å². The summed E-state index contributed by atoms with van der Waals surface area (Å²) in [7, 11) is 0. The summed E-state index contributed by atoms with van der Waals surface area (Å²) in [5.41, 5.74) is 24.6. The first-order valence-electron chi connectivity index (χ1n) is 3.45. The van der Waals surface area contributed by atoms with Crippen LogP contribution in [0.3, 0.4) is 0 Å². The van der Waals surface area contributed by atoms with E-state index in [4.69, 9.17) is 28.2 Å². The molecular weight excluding hydrogens is 238 g/mol. The zero-order valence-electron chi connectivity index (χ0n) is 7.30. The monoisotopic (exact) mass is 237 g/mol. The Morgan fingerprint density at radius 2 is 1.31 bits per heavy atom. The van der Waals surface area contributed by atoms with E-state index in [-0.39, 0.29) is 22.6 Å². The van der Waals surface area contributed by atoms with Crippen LogP contribution >= 0.6 is 11.6 Å². The van der Waals surface area contributed by atoms with E-state index in [1.54, 1.807) is 0 Å². The minimum absolute atomic E-state index is 0.229. The molecule has 0 amide bonds. The number of rotatable bonds is 3. The molecule has 0 atom stereocenters. The summed E-state index contributed by atoms with van der Waals surface area (Å²) >= 11 is 5.65. The topological polar surface area (TPSA) is 172 Å². The minimum atomic E-state index is -0.364. The Balaban J connectivity index is 3.55. The van der Waals surface area contributed by atoms with E-state index in [0.717, 1.165) is 0 Å². The normalized spacial score (nSPS) is 8.31. The second-order valence-corrected chi connectivity index (χ2v) is 2.43. The molecule has 0 saturated carbocycles. The van der Waals surface area contributed by atoms with Crippen LogP contribution in [0.1, 0.15) is 0 Å². The van der Waals surface area contributed by atoms with Crippen molar-refractivity contribution in [1.29, 1.82) is 0 Å². The standard InChI is InChI=1S/C4ClN11/c5-1-2(11-14-6)9-4(13-16-8)10-3(1)12-15-7. The largest absolute Gasteiger partial charge is 0.224 e. The molecule has 1 heterocycles. The molecule has 16 heavy (non-hydrogen) atoms. The highest BCUT2D eigenvalue weighted by Gasteiger charge is 2.09. The molecule has 0 aliphatic carbocycles. The maximum atomic E-state index is 8.22. The quantitative estimate of drug-likeness (QED) is 0.440. The van der Waals surface area contributed by atoms with Gasteiger partial charge in [0.1, 0.15) is 11.6 Å². The van der Waals surface area contributed by atoms with E-state index in [2.05, 4.69) is 40.0 Å². The predicted molar refractivity (Wildman–Crippen MR) is 53.5 cm³/mol. The summed E-state index contributed by atoms with van der Waals surface area (Å²) in [5, 5.41) is 9.08. The van der Waals surface area contributed by atoms with E-state index in [0.29, 0.717) is 0 Å². The zero-order chi connectivity index (χ0) is 12.0. The van der Waals surface area contributed by atoms with Crippen molar-refractivity contribution in [2.45, 2.75) is 0 Å². The van der Waals surface area contributed by atoms with Gasteiger partial charge in [0.15, 0.2) is 0 Å². The average molecular weight is 238 g/mol. The lowest BCUT2D eigenvalue weighted by Crippen LogP contribution is -1.83. The van der Waals surface area contributed by atoms with Crippen LogP contribution in [0.15, 0.2) is 15.3 Å². The van der Waals surface area contributed by atoms with Crippen molar-refractivity contribution in [1.82, 2.24) is 9.97 Å². The Labute approximate surface area is 91.6 Å². The smallest absolute Gasteiger partial charge is 0.217 e. The van der Waals surface area contributed by atoms with Gasteiger partial charge in [-0.1, -0.05) is 11.6 Å². The van der Waals surface area contributed by atoms with Crippen molar-refractivity contribution in [2.75, 3.05) is 0 Å². The van der Waals surface area contributed by atoms with Crippen molar-refractivity contribution >= 4 is 29.2 Å². The second kappa shape index (κ2) is 5.25. The van der Waals surface area contributed by atoms with Gasteiger partial charge in [0, 0.05) is 14.7 Å². The van der Waals surface area contributed by atoms with Crippen molar-refractivity contribution in [3.8, 4) is 0 Å². The molecule has 0 unspecified atom stereocenters. The number of hydrogen-bond donors (Lipinski definition) is 0. The van der Waals surface area contributed by atoms with Gasteiger partial charge in [-0.05, 0) is 31.9 Å². The van der Waals surface area contributed by atoms with Crippen LogP contribution in [0.2, 0.25) is 5.02 Å². The summed E-state index contributed by atoms with van der Waals surface area (Å²) in [6.45, 7) is 0. The Morgan fingerprint density at radius 3 is 1.69 bits per heavy atom. The number of azide groups is 3. The molecule has 0 saturated heterocycles. The van der Waals surface area contributed by atoms with Gasteiger partial charge in [0.2, 0.25) is 5.95 Å². The van der Waals surface area contributed by atoms with Gasteiger partial charge in [-0.15, -0.1) is 0 Å². The van der Waals surface area contributed by atoms with Gasteiger partial charge < -0.3 is 0 Å². The summed E-state index contributed by atoms with van der Waals surface area (Å²) in [4.78, 5) is 14.4. The van der Waals surface area contributed by atoms with Crippen molar-refractivity contribution in [3.63, 3.8) is 0 Å². The molecular formula is C4ClN11. The third kappa shape index (κ3) is 2.41. The molecule has 1 rings (SSSR count). The highest BCUT2D eigenvalue weighted by atomic mass is 35.5. The second-order valence-electron chi connectivity index (χ2n) is 2.05. The fraction of sp³-hybridized carbons (Fsp3) is 0. The lowest BCUT2D eigenvalue weighted by Gasteiger charge is -2.00. The van der Waals surface area contributed by atoms with Gasteiger partial charge in [0.05, 0.1) is 5.02 Å². The first kappa shape index (κ1) is 11.4. The Kier molecular flexibility index (Phi) is 3.73. The molecule has 1 aromatic rings. The molecule has 0 fully saturated rings. The van der Waals surface area contributed by atoms with Gasteiger partial charge in [-0.2, -0.15) is 0 Å². The Hall–Kier alpha value is -2.70. The predicted octanol–water partition coefficient (Wildman–Crippen LogP) is 3.96. The molecule has 0 aliphatic rings. The van der Waals surface area contributed by atoms with Gasteiger partial charge in [0.25, 0.3) is 0 Å². The first-order valence-corrected chi connectivity index (χ1v) is 3.83. The number of nitrogens with zero attached hydrogens (tertiary/aromatic N) is 11. The SMILES string of the molecule is [N-]=[N+]=Nc1nc(N=[N+]=[N-])c(Cl)c(N=[N+]=[N-])n1. The number of hydrogen-bond acceptors (Lipinski definition) is 5. The maximum Gasteiger partial charge on any atom is 0.217 e. The Morgan fingerprint density at radius 1 is 0.875 bits per heavy atom. The molecule has 1 aromatic heterocycles. The van der Waals surface area contributed by atoms with Crippen LogP contribution in [0, 0.1) is 0 Å². The van der Waals surface area contributed by atoms with Crippen LogP contribution in [-0.4, -0.2) is 9.97 Å². The fourth-order valence-electron chi connectivity index (χ4n) is 0.715. The van der Waals surface area contributed by atoms with E-state index in [1.165, 1.54) is 0 Å². The molecule has 0 bridgehead atoms. The zero-order valence-corrected chi connectivity index (χ0v) is 8.05. The maximum absolute atomic E-state index is 8.22. The van der Waals surface area contributed by atoms with E-state index >= 15 is 0 Å². The fourth-order valence-corrected chi connectivity index (χ4v) is 0.875. The van der Waals surface area contributed by atoms with Crippen molar-refractivity contribution in [3.05, 3.63) is 36.4 Å². The van der Waals surface area contributed by atoms with Gasteiger partial charge in [-0.25, -0.2) is 9.97 Å². The minimum Gasteiger partial charge on any atom is -0.224 e. The average Bonchev–Trinajstić information content (AvgIpc) is 2.26. The molecule has 0 radical (unpaired) electrons. The summed E-state index contributed by atoms with van der Waals surface area (Å²) in [6, 6.07) is 0. The van der Waals surface area contributed by atoms with E-state index in [9.17, 15) is 0 Å². The van der Waals surface area contributed by atoms with Crippen LogP contribution in [0.25, 0.3) is 31.3 Å². The highest BCUT2D eigenvalue weighted by Crippen LogP contribution is 2.33. The summed E-state index contributed by atoms with van der Waals surface area (Å²) in [6.07, 6.45) is 0. The van der Waals surface area contributed by atoms with Crippen LogP contribution in [0.4, 0.5) is 17.6 Å². The first-order chi connectivity index (χ1) is 7.72. The molecule has 0 aliphatic heterocycles. The highest BCUT2D eigenvalue weighted by molar-refractivity contribution is 6.34. The number of aromatic nitrogens is 2. The lowest BCUT2D eigenvalue weighted by molar-refractivity contribution is 1.10. The molecule has 0 N–H and O–H groups in total. The summed E-state index contributed by atoms with van der Waals surface area (Å²) < 4.78 is 0. The van der Waals surface area contributed by atoms with E-state index in [1.807, 2.05) is 0 Å². The van der Waals surface area contributed by atoms with Crippen LogP contribution in [0.5, 0.6) is 0 Å². The molecule has 0 spiro atoms. The molecule has 0 aromatic carbocycles. The molecule has 11 nitrogen and oxygen atoms in total. The van der Waals surface area contributed by atoms with E-state index < -0.39 is 0 Å². The molecule has 12 heteroatoms. The Bertz CT molecular complexity index is 518. The third-order valence-electron chi connectivity index (χ3n) is 1.22. The number of halogens is 1. The third-order valence-corrected chi connectivity index (χ3v) is 1.56. The van der Waals surface area contributed by atoms with Crippen LogP contribution in [-0.2, 0) is 0 Å². The van der Waals surface area contributed by atoms with Gasteiger partial charge >= 0.3 is 0 Å². The molecule has 78 valence electrons. The van der Waals surface area contributed by atoms with Gasteiger partial charge in [-0.3, -0.25) is 0 Å². The van der Waals surface area contributed by atoms with Crippen molar-refractivity contribution < 1.29 is 0 Å².